The maximum absolute atomic E-state index is 13.0. The summed E-state index contributed by atoms with van der Waals surface area (Å²) in [7, 11) is -3.71. The molecule has 0 spiro atoms. The monoisotopic (exact) mass is 512 g/mol. The van der Waals surface area contributed by atoms with Crippen LogP contribution in [0.2, 0.25) is 0 Å². The Bertz CT molecular complexity index is 1510. The van der Waals surface area contributed by atoms with E-state index in [1.165, 1.54) is 0 Å². The van der Waals surface area contributed by atoms with Crippen molar-refractivity contribution in [1.29, 1.82) is 5.26 Å². The zero-order chi connectivity index (χ0) is 25.7. The van der Waals surface area contributed by atoms with Crippen molar-refractivity contribution in [1.82, 2.24) is 14.8 Å². The smallest absolute Gasteiger partial charge is 0.255 e. The third-order valence-electron chi connectivity index (χ3n) is 6.65. The number of nitriles is 1. The Morgan fingerprint density at radius 2 is 1.73 bits per heavy atom. The lowest BCUT2D eigenvalue weighted by Crippen LogP contribution is -2.40. The lowest BCUT2D eigenvalue weighted by atomic mass is 10.0. The number of hydrogen-bond donors (Lipinski definition) is 1. The summed E-state index contributed by atoms with van der Waals surface area (Å²) in [5, 5.41) is 11.5. The summed E-state index contributed by atoms with van der Waals surface area (Å²) in [5.74, 6) is 1.23. The second kappa shape index (κ2) is 11.1. The van der Waals surface area contributed by atoms with Crippen LogP contribution in [0, 0.1) is 17.2 Å². The minimum absolute atomic E-state index is 0.202. The van der Waals surface area contributed by atoms with E-state index >= 15 is 0 Å². The van der Waals surface area contributed by atoms with Crippen molar-refractivity contribution in [3.05, 3.63) is 90.6 Å². The fourth-order valence-electron chi connectivity index (χ4n) is 4.71. The number of pyridine rings is 1. The Labute approximate surface area is 217 Å². The van der Waals surface area contributed by atoms with E-state index in [-0.39, 0.29) is 4.90 Å². The van der Waals surface area contributed by atoms with Gasteiger partial charge in [-0.15, -0.1) is 4.83 Å². The molecule has 4 aromatic rings. The van der Waals surface area contributed by atoms with E-state index in [9.17, 15) is 8.42 Å². The van der Waals surface area contributed by atoms with Gasteiger partial charge >= 0.3 is 0 Å². The van der Waals surface area contributed by atoms with Crippen LogP contribution in [0.4, 0.5) is 0 Å². The molecule has 1 saturated heterocycles. The minimum atomic E-state index is -3.71. The fraction of sp³-hybridized carbons (Fsp3) is 0.241. The zero-order valence-corrected chi connectivity index (χ0v) is 21.2. The Morgan fingerprint density at radius 1 is 1.00 bits per heavy atom. The predicted molar refractivity (Wildman–Crippen MR) is 143 cm³/mol. The van der Waals surface area contributed by atoms with Gasteiger partial charge in [0.05, 0.1) is 23.8 Å². The molecule has 5 rings (SSSR count). The van der Waals surface area contributed by atoms with Gasteiger partial charge in [-0.25, -0.2) is 13.4 Å². The highest BCUT2D eigenvalue weighted by atomic mass is 32.2. The second-order valence-corrected chi connectivity index (χ2v) is 10.9. The molecule has 0 bridgehead atoms. The van der Waals surface area contributed by atoms with E-state index < -0.39 is 10.0 Å². The van der Waals surface area contributed by atoms with Gasteiger partial charge in [-0.3, -0.25) is 4.98 Å². The van der Waals surface area contributed by atoms with Gasteiger partial charge in [0.25, 0.3) is 10.0 Å². The summed E-state index contributed by atoms with van der Waals surface area (Å²) < 4.78 is 32.0. The van der Waals surface area contributed by atoms with E-state index in [1.54, 1.807) is 29.4 Å². The first-order chi connectivity index (χ1) is 18.0. The molecule has 188 valence electrons. The molecule has 8 heteroatoms. The number of aromatic nitrogens is 1. The Morgan fingerprint density at radius 3 is 2.49 bits per heavy atom. The van der Waals surface area contributed by atoms with Gasteiger partial charge in [0.1, 0.15) is 10.6 Å². The molecule has 3 aromatic carbocycles. The standard InChI is InChI=1S/C29H28N4O3S/c30-20-22-8-10-24(11-9-22)25-12-14-27(15-13-25)36-19-3-4-23-16-18-33(21-23)32-37(34,35)28-7-1-5-26-6-2-17-31-29(26)28/h1-2,5-15,17,23,32H,3-4,16,18-19,21H2/t23-/m1/s1. The maximum atomic E-state index is 13.0. The zero-order valence-electron chi connectivity index (χ0n) is 20.4. The van der Waals surface area contributed by atoms with E-state index in [0.29, 0.717) is 36.7 Å². The minimum Gasteiger partial charge on any atom is -0.494 e. The summed E-state index contributed by atoms with van der Waals surface area (Å²) in [4.78, 5) is 7.23. The SMILES string of the molecule is N#Cc1ccc(-c2ccc(OCCC[C@@H]3CCN(NS(=O)(=O)c4cccc5cccnc45)C3)cc2)cc1. The molecule has 0 aliphatic carbocycles. The number of nitrogens with one attached hydrogen (secondary N) is 1. The average Bonchev–Trinajstić information content (AvgIpc) is 3.37. The quantitative estimate of drug-likeness (QED) is 0.312. The van der Waals surface area contributed by atoms with Gasteiger partial charge in [-0.05, 0) is 72.7 Å². The lowest BCUT2D eigenvalue weighted by molar-refractivity contribution is 0.269. The molecule has 37 heavy (non-hydrogen) atoms. The molecule has 1 N–H and O–H groups in total. The molecule has 1 aliphatic rings. The van der Waals surface area contributed by atoms with Crippen LogP contribution in [0.3, 0.4) is 0 Å². The fourth-order valence-corrected chi connectivity index (χ4v) is 5.99. The highest BCUT2D eigenvalue weighted by Gasteiger charge is 2.27. The maximum Gasteiger partial charge on any atom is 0.255 e. The van der Waals surface area contributed by atoms with Gasteiger partial charge in [0.15, 0.2) is 0 Å². The van der Waals surface area contributed by atoms with Crippen LogP contribution < -0.4 is 9.57 Å². The number of sulfonamides is 1. The molecule has 7 nitrogen and oxygen atoms in total. The summed E-state index contributed by atoms with van der Waals surface area (Å²) in [6.45, 7) is 1.97. The normalized spacial score (nSPS) is 16.0. The van der Waals surface area contributed by atoms with Crippen molar-refractivity contribution >= 4 is 20.9 Å². The van der Waals surface area contributed by atoms with E-state index in [4.69, 9.17) is 10.00 Å². The van der Waals surface area contributed by atoms with Crippen LogP contribution in [0.25, 0.3) is 22.0 Å². The van der Waals surface area contributed by atoms with Crippen LogP contribution in [-0.4, -0.2) is 38.1 Å². The van der Waals surface area contributed by atoms with Crippen molar-refractivity contribution in [2.45, 2.75) is 24.2 Å². The molecule has 1 atom stereocenters. The average molecular weight is 513 g/mol. The molecule has 1 aromatic heterocycles. The van der Waals surface area contributed by atoms with Crippen molar-refractivity contribution in [3.8, 4) is 22.9 Å². The summed E-state index contributed by atoms with van der Waals surface area (Å²) in [6, 6.07) is 26.5. The first kappa shape index (κ1) is 24.9. The highest BCUT2D eigenvalue weighted by molar-refractivity contribution is 7.89. The van der Waals surface area contributed by atoms with Crippen molar-refractivity contribution in [2.75, 3.05) is 19.7 Å². The van der Waals surface area contributed by atoms with Crippen LogP contribution in [0.1, 0.15) is 24.8 Å². The van der Waals surface area contributed by atoms with E-state index in [0.717, 1.165) is 41.5 Å². The second-order valence-electron chi connectivity index (χ2n) is 9.23. The number of hydrogen-bond acceptors (Lipinski definition) is 6. The molecule has 2 heterocycles. The lowest BCUT2D eigenvalue weighted by Gasteiger charge is -2.18. The molecule has 1 aliphatic heterocycles. The van der Waals surface area contributed by atoms with Crippen molar-refractivity contribution in [3.63, 3.8) is 0 Å². The topological polar surface area (TPSA) is 95.3 Å². The summed E-state index contributed by atoms with van der Waals surface area (Å²) in [5.41, 5.74) is 3.26. The van der Waals surface area contributed by atoms with Gasteiger partial charge in [0.2, 0.25) is 0 Å². The first-order valence-corrected chi connectivity index (χ1v) is 13.8. The third-order valence-corrected chi connectivity index (χ3v) is 8.05. The first-order valence-electron chi connectivity index (χ1n) is 12.4. The van der Waals surface area contributed by atoms with Gasteiger partial charge < -0.3 is 4.74 Å². The van der Waals surface area contributed by atoms with Crippen LogP contribution >= 0.6 is 0 Å². The van der Waals surface area contributed by atoms with Crippen molar-refractivity contribution < 1.29 is 13.2 Å². The largest absolute Gasteiger partial charge is 0.494 e. The number of benzene rings is 3. The van der Waals surface area contributed by atoms with Gasteiger partial charge in [-0.1, -0.05) is 42.5 Å². The highest BCUT2D eigenvalue weighted by Crippen LogP contribution is 2.25. The molecule has 0 radical (unpaired) electrons. The Hall–Kier alpha value is -3.77. The van der Waals surface area contributed by atoms with E-state index in [1.807, 2.05) is 60.7 Å². The molecular weight excluding hydrogens is 484 g/mol. The molecular formula is C29H28N4O3S. The Balaban J connectivity index is 1.08. The van der Waals surface area contributed by atoms with Gasteiger partial charge in [-0.2, -0.15) is 5.26 Å². The molecule has 0 unspecified atom stereocenters. The van der Waals surface area contributed by atoms with Crippen LogP contribution in [0.15, 0.2) is 90.0 Å². The summed E-state index contributed by atoms with van der Waals surface area (Å²) in [6.07, 6.45) is 4.42. The summed E-state index contributed by atoms with van der Waals surface area (Å²) >= 11 is 0. The molecule has 1 fully saturated rings. The van der Waals surface area contributed by atoms with Crippen LogP contribution in [-0.2, 0) is 10.0 Å². The van der Waals surface area contributed by atoms with Gasteiger partial charge in [0, 0.05) is 24.7 Å². The van der Waals surface area contributed by atoms with E-state index in [2.05, 4.69) is 15.9 Å². The number of nitrogens with zero attached hydrogens (tertiary/aromatic N) is 3. The molecule has 0 saturated carbocycles. The van der Waals surface area contributed by atoms with Crippen molar-refractivity contribution in [2.24, 2.45) is 5.92 Å². The number of para-hydroxylation sites is 1. The number of fused-ring (bicyclic) bond motifs is 1. The Kier molecular flexibility index (Phi) is 7.47. The number of ether oxygens (including phenoxy) is 1. The van der Waals surface area contributed by atoms with Crippen LogP contribution in [0.5, 0.6) is 5.75 Å². The number of rotatable bonds is 9. The molecule has 0 amide bonds. The third kappa shape index (κ3) is 5.97. The number of hydrazine groups is 1. The predicted octanol–water partition coefficient (Wildman–Crippen LogP) is 5.15.